The summed E-state index contributed by atoms with van der Waals surface area (Å²) in [5.41, 5.74) is 5.90. The van der Waals surface area contributed by atoms with Crippen LogP contribution in [0.5, 0.6) is 11.5 Å². The zero-order chi connectivity index (χ0) is 15.4. The first-order valence-electron chi connectivity index (χ1n) is 5.76. The lowest BCUT2D eigenvalue weighted by atomic mass is 10.1. The van der Waals surface area contributed by atoms with Gasteiger partial charge in [-0.15, -0.1) is 0 Å². The van der Waals surface area contributed by atoms with Gasteiger partial charge in [-0.3, -0.25) is 4.79 Å². The Morgan fingerprint density at radius 3 is 2.71 bits per heavy atom. The molecule has 2 rings (SSSR count). The van der Waals surface area contributed by atoms with E-state index in [9.17, 15) is 9.59 Å². The van der Waals surface area contributed by atoms with E-state index in [1.54, 1.807) is 12.1 Å². The molecule has 0 radical (unpaired) electrons. The summed E-state index contributed by atoms with van der Waals surface area (Å²) in [6.45, 7) is -0.526. The van der Waals surface area contributed by atoms with Crippen molar-refractivity contribution in [1.29, 1.82) is 0 Å². The monoisotopic (exact) mass is 292 g/mol. The highest BCUT2D eigenvalue weighted by Crippen LogP contribution is 2.32. The van der Waals surface area contributed by atoms with Crippen molar-refractivity contribution in [3.8, 4) is 22.8 Å². The highest BCUT2D eigenvalue weighted by atomic mass is 16.5. The Hall–Kier alpha value is -3.10. The summed E-state index contributed by atoms with van der Waals surface area (Å²) in [4.78, 5) is 21.8. The minimum Gasteiger partial charge on any atom is -0.493 e. The lowest BCUT2D eigenvalue weighted by molar-refractivity contribution is -0.139. The van der Waals surface area contributed by atoms with E-state index in [1.165, 1.54) is 13.2 Å². The molecule has 1 amide bonds. The zero-order valence-corrected chi connectivity index (χ0v) is 11.0. The molecule has 0 saturated heterocycles. The minimum absolute atomic E-state index is 0.0237. The van der Waals surface area contributed by atoms with Gasteiger partial charge in [0.1, 0.15) is 5.69 Å². The summed E-state index contributed by atoms with van der Waals surface area (Å²) in [6.07, 6.45) is 0. The second-order valence-corrected chi connectivity index (χ2v) is 3.93. The molecule has 9 nitrogen and oxygen atoms in total. The number of methoxy groups -OCH3 is 1. The van der Waals surface area contributed by atoms with Crippen molar-refractivity contribution in [2.75, 3.05) is 13.7 Å². The highest BCUT2D eigenvalue weighted by molar-refractivity contribution is 5.96. The second-order valence-electron chi connectivity index (χ2n) is 3.93. The molecule has 0 aliphatic carbocycles. The lowest BCUT2D eigenvalue weighted by Crippen LogP contribution is -2.13. The molecule has 110 valence electrons. The third-order valence-electron chi connectivity index (χ3n) is 2.57. The van der Waals surface area contributed by atoms with E-state index in [-0.39, 0.29) is 17.1 Å². The molecule has 1 heterocycles. The minimum atomic E-state index is -1.12. The van der Waals surface area contributed by atoms with Gasteiger partial charge in [0, 0.05) is 5.56 Å². The largest absolute Gasteiger partial charge is 0.493 e. The Kier molecular flexibility index (Phi) is 4.02. The molecule has 0 aliphatic heterocycles. The molecule has 0 saturated carbocycles. The number of aromatic amines is 1. The fourth-order valence-corrected chi connectivity index (χ4v) is 1.68. The van der Waals surface area contributed by atoms with Gasteiger partial charge in [-0.1, -0.05) is 0 Å². The Morgan fingerprint density at radius 2 is 2.10 bits per heavy atom. The number of hydrogen-bond donors (Lipinski definition) is 3. The van der Waals surface area contributed by atoms with E-state index in [0.29, 0.717) is 11.3 Å². The molecule has 0 bridgehead atoms. The molecular weight excluding hydrogens is 280 g/mol. The number of hydrogen-bond acceptors (Lipinski definition) is 6. The average molecular weight is 292 g/mol. The average Bonchev–Trinajstić information content (AvgIpc) is 2.94. The van der Waals surface area contributed by atoms with Crippen LogP contribution < -0.4 is 15.2 Å². The highest BCUT2D eigenvalue weighted by Gasteiger charge is 2.17. The van der Waals surface area contributed by atoms with Crippen LogP contribution in [0.15, 0.2) is 18.2 Å². The van der Waals surface area contributed by atoms with Crippen LogP contribution in [0, 0.1) is 0 Å². The van der Waals surface area contributed by atoms with Crippen molar-refractivity contribution in [2.24, 2.45) is 5.73 Å². The second kappa shape index (κ2) is 5.90. The van der Waals surface area contributed by atoms with Gasteiger partial charge in [-0.05, 0) is 18.2 Å². The maximum Gasteiger partial charge on any atom is 0.341 e. The summed E-state index contributed by atoms with van der Waals surface area (Å²) < 4.78 is 10.2. The van der Waals surface area contributed by atoms with E-state index in [0.717, 1.165) is 0 Å². The lowest BCUT2D eigenvalue weighted by Gasteiger charge is -2.10. The Bertz CT molecular complexity index is 682. The molecule has 2 aromatic rings. The van der Waals surface area contributed by atoms with Crippen LogP contribution >= 0.6 is 0 Å². The fourth-order valence-electron chi connectivity index (χ4n) is 1.68. The van der Waals surface area contributed by atoms with Gasteiger partial charge in [0.15, 0.2) is 23.8 Å². The third kappa shape index (κ3) is 3.08. The van der Waals surface area contributed by atoms with Gasteiger partial charge in [0.25, 0.3) is 5.91 Å². The predicted octanol–water partition coefficient (Wildman–Crippen LogP) is 0.0426. The molecule has 0 aliphatic rings. The van der Waals surface area contributed by atoms with Crippen molar-refractivity contribution in [3.63, 3.8) is 0 Å². The topological polar surface area (TPSA) is 140 Å². The Balaban J connectivity index is 2.41. The SMILES string of the molecule is COc1ccc(-c2n[nH]nc2C(N)=O)cc1OCC(=O)O. The molecule has 1 aromatic heterocycles. The first-order chi connectivity index (χ1) is 10.0. The quantitative estimate of drug-likeness (QED) is 0.682. The van der Waals surface area contributed by atoms with Crippen molar-refractivity contribution in [1.82, 2.24) is 15.4 Å². The molecule has 0 unspecified atom stereocenters. The van der Waals surface area contributed by atoms with E-state index in [1.807, 2.05) is 0 Å². The van der Waals surface area contributed by atoms with Gasteiger partial charge >= 0.3 is 5.97 Å². The summed E-state index contributed by atoms with van der Waals surface area (Å²) in [5, 5.41) is 18.5. The van der Waals surface area contributed by atoms with E-state index in [2.05, 4.69) is 15.4 Å². The molecule has 1 aromatic carbocycles. The third-order valence-corrected chi connectivity index (χ3v) is 2.57. The molecular formula is C12H12N4O5. The summed E-state index contributed by atoms with van der Waals surface area (Å²) in [7, 11) is 1.42. The first kappa shape index (κ1) is 14.3. The number of rotatable bonds is 6. The van der Waals surface area contributed by atoms with Crippen LogP contribution in [-0.4, -0.2) is 46.1 Å². The van der Waals surface area contributed by atoms with Crippen LogP contribution in [0.2, 0.25) is 0 Å². The number of benzene rings is 1. The summed E-state index contributed by atoms with van der Waals surface area (Å²) in [5.74, 6) is -1.30. The predicted molar refractivity (Wildman–Crippen MR) is 70.0 cm³/mol. The fraction of sp³-hybridized carbons (Fsp3) is 0.167. The molecule has 0 fully saturated rings. The number of amides is 1. The van der Waals surface area contributed by atoms with Crippen molar-refractivity contribution in [3.05, 3.63) is 23.9 Å². The number of H-pyrrole nitrogens is 1. The summed E-state index contributed by atoms with van der Waals surface area (Å²) in [6, 6.07) is 4.68. The number of carbonyl (C=O) groups is 2. The molecule has 9 heteroatoms. The zero-order valence-electron chi connectivity index (χ0n) is 11.0. The van der Waals surface area contributed by atoms with E-state index < -0.39 is 18.5 Å². The maximum absolute atomic E-state index is 11.2. The number of aliphatic carboxylic acids is 1. The molecule has 0 spiro atoms. The van der Waals surface area contributed by atoms with Crippen LogP contribution in [0.25, 0.3) is 11.3 Å². The number of aromatic nitrogens is 3. The normalized spacial score (nSPS) is 10.1. The Morgan fingerprint density at radius 1 is 1.33 bits per heavy atom. The number of nitrogens with one attached hydrogen (secondary N) is 1. The van der Waals surface area contributed by atoms with Gasteiger partial charge < -0.3 is 20.3 Å². The Labute approximate surface area is 118 Å². The number of carboxylic acids is 1. The standard InChI is InChI=1S/C12H12N4O5/c1-20-7-3-2-6(4-8(7)21-5-9(17)18)10-11(12(13)19)15-16-14-10/h2-4H,5H2,1H3,(H2,13,19)(H,17,18)(H,14,15,16). The van der Waals surface area contributed by atoms with Crippen LogP contribution in [0.1, 0.15) is 10.5 Å². The van der Waals surface area contributed by atoms with Crippen LogP contribution in [0.4, 0.5) is 0 Å². The molecule has 21 heavy (non-hydrogen) atoms. The van der Waals surface area contributed by atoms with Crippen LogP contribution in [0.3, 0.4) is 0 Å². The number of nitrogens with two attached hydrogens (primary N) is 1. The van der Waals surface area contributed by atoms with Crippen molar-refractivity contribution < 1.29 is 24.2 Å². The first-order valence-corrected chi connectivity index (χ1v) is 5.76. The molecule has 0 atom stereocenters. The number of carbonyl (C=O) groups excluding carboxylic acids is 1. The molecule has 4 N–H and O–H groups in total. The summed E-state index contributed by atoms with van der Waals surface area (Å²) >= 11 is 0. The van der Waals surface area contributed by atoms with Gasteiger partial charge in [-0.2, -0.15) is 15.4 Å². The van der Waals surface area contributed by atoms with Crippen molar-refractivity contribution in [2.45, 2.75) is 0 Å². The number of carboxylic acid groups (broad SMARTS) is 1. The van der Waals surface area contributed by atoms with Crippen molar-refractivity contribution >= 4 is 11.9 Å². The number of primary amides is 1. The smallest absolute Gasteiger partial charge is 0.341 e. The number of nitrogens with zero attached hydrogens (tertiary/aromatic N) is 2. The van der Waals surface area contributed by atoms with E-state index >= 15 is 0 Å². The van der Waals surface area contributed by atoms with Gasteiger partial charge in [0.2, 0.25) is 0 Å². The van der Waals surface area contributed by atoms with Gasteiger partial charge in [0.05, 0.1) is 7.11 Å². The number of ether oxygens (including phenoxy) is 2. The maximum atomic E-state index is 11.2. The van der Waals surface area contributed by atoms with Gasteiger partial charge in [-0.25, -0.2) is 4.79 Å². The van der Waals surface area contributed by atoms with Crippen LogP contribution in [-0.2, 0) is 4.79 Å². The van der Waals surface area contributed by atoms with E-state index in [4.69, 9.17) is 20.3 Å².